The minimum Gasteiger partial charge on any atom is -0.471 e. The van der Waals surface area contributed by atoms with Gasteiger partial charge in [-0.1, -0.05) is 12.8 Å². The quantitative estimate of drug-likeness (QED) is 0.652. The molecule has 1 aliphatic carbocycles. The molecule has 1 saturated carbocycles. The third-order valence-electron chi connectivity index (χ3n) is 3.26. The molecular formula is C12H17N3O3. The van der Waals surface area contributed by atoms with Crippen molar-refractivity contribution in [2.45, 2.75) is 38.1 Å². The number of ether oxygens (including phenoxy) is 1. The number of aryl methyl sites for hydroxylation is 1. The Kier molecular flexibility index (Phi) is 3.47. The van der Waals surface area contributed by atoms with Crippen molar-refractivity contribution in [2.75, 3.05) is 6.61 Å². The zero-order valence-corrected chi connectivity index (χ0v) is 10.4. The van der Waals surface area contributed by atoms with Crippen LogP contribution in [0.1, 0.15) is 31.2 Å². The molecule has 0 radical (unpaired) electrons. The topological polar surface area (TPSA) is 91.3 Å². The Morgan fingerprint density at radius 2 is 2.22 bits per heavy atom. The van der Waals surface area contributed by atoms with Gasteiger partial charge in [-0.3, -0.25) is 10.1 Å². The molecule has 1 aromatic heterocycles. The van der Waals surface area contributed by atoms with Crippen LogP contribution in [0.2, 0.25) is 0 Å². The predicted molar refractivity (Wildman–Crippen MR) is 66.5 cm³/mol. The van der Waals surface area contributed by atoms with Crippen LogP contribution >= 0.6 is 0 Å². The Morgan fingerprint density at radius 3 is 2.83 bits per heavy atom. The van der Waals surface area contributed by atoms with Crippen LogP contribution in [-0.4, -0.2) is 22.1 Å². The predicted octanol–water partition coefficient (Wildman–Crippen LogP) is 1.95. The number of aromatic nitrogens is 1. The summed E-state index contributed by atoms with van der Waals surface area (Å²) in [5, 5.41) is 10.9. The number of hydrogen-bond donors (Lipinski definition) is 1. The summed E-state index contributed by atoms with van der Waals surface area (Å²) in [5.74, 6) is 0.0577. The lowest BCUT2D eigenvalue weighted by Gasteiger charge is -2.22. The summed E-state index contributed by atoms with van der Waals surface area (Å²) in [6, 6.07) is 1.46. The molecule has 0 aromatic carbocycles. The molecule has 1 fully saturated rings. The van der Waals surface area contributed by atoms with E-state index in [1.165, 1.54) is 6.07 Å². The van der Waals surface area contributed by atoms with Gasteiger partial charge in [-0.25, -0.2) is 4.98 Å². The van der Waals surface area contributed by atoms with Crippen LogP contribution < -0.4 is 10.5 Å². The average Bonchev–Trinajstić information content (AvgIpc) is 2.75. The van der Waals surface area contributed by atoms with Crippen LogP contribution in [0.25, 0.3) is 0 Å². The van der Waals surface area contributed by atoms with Crippen molar-refractivity contribution in [3.63, 3.8) is 0 Å². The fraction of sp³-hybridized carbons (Fsp3) is 0.583. The molecule has 6 heteroatoms. The van der Waals surface area contributed by atoms with Crippen LogP contribution in [0.4, 0.5) is 5.69 Å². The highest BCUT2D eigenvalue weighted by Crippen LogP contribution is 2.30. The summed E-state index contributed by atoms with van der Waals surface area (Å²) in [4.78, 5) is 14.4. The van der Waals surface area contributed by atoms with E-state index in [0.29, 0.717) is 0 Å². The Bertz CT molecular complexity index is 456. The first kappa shape index (κ1) is 12.8. The summed E-state index contributed by atoms with van der Waals surface area (Å²) >= 11 is 0. The summed E-state index contributed by atoms with van der Waals surface area (Å²) in [7, 11) is 0. The zero-order chi connectivity index (χ0) is 13.2. The van der Waals surface area contributed by atoms with E-state index >= 15 is 0 Å². The molecular weight excluding hydrogens is 234 g/mol. The first-order valence-corrected chi connectivity index (χ1v) is 6.03. The van der Waals surface area contributed by atoms with E-state index in [1.807, 2.05) is 0 Å². The molecule has 0 atom stereocenters. The molecule has 1 heterocycles. The molecule has 0 bridgehead atoms. The SMILES string of the molecule is Cc1cnc(OCC2(N)CCCC2)c([N+](=O)[O-])c1. The van der Waals surface area contributed by atoms with Crippen LogP contribution in [0.3, 0.4) is 0 Å². The number of pyridine rings is 1. The van der Waals surface area contributed by atoms with Crippen molar-refractivity contribution in [1.82, 2.24) is 4.98 Å². The number of nitrogens with two attached hydrogens (primary N) is 1. The third-order valence-corrected chi connectivity index (χ3v) is 3.26. The van der Waals surface area contributed by atoms with Crippen LogP contribution in [0.5, 0.6) is 5.88 Å². The second-order valence-corrected chi connectivity index (χ2v) is 4.95. The lowest BCUT2D eigenvalue weighted by atomic mass is 10.0. The van der Waals surface area contributed by atoms with E-state index in [4.69, 9.17) is 10.5 Å². The second-order valence-electron chi connectivity index (χ2n) is 4.95. The minimum absolute atomic E-state index is 0.0577. The molecule has 0 spiro atoms. The number of hydrogen-bond acceptors (Lipinski definition) is 5. The maximum atomic E-state index is 10.9. The van der Waals surface area contributed by atoms with Gasteiger partial charge in [0, 0.05) is 12.3 Å². The van der Waals surface area contributed by atoms with Gasteiger partial charge in [-0.15, -0.1) is 0 Å². The molecule has 1 aromatic rings. The molecule has 2 rings (SSSR count). The maximum absolute atomic E-state index is 10.9. The van der Waals surface area contributed by atoms with E-state index < -0.39 is 4.92 Å². The van der Waals surface area contributed by atoms with Crippen molar-refractivity contribution in [3.05, 3.63) is 27.9 Å². The van der Waals surface area contributed by atoms with E-state index in [9.17, 15) is 10.1 Å². The van der Waals surface area contributed by atoms with E-state index in [-0.39, 0.29) is 23.7 Å². The van der Waals surface area contributed by atoms with Gasteiger partial charge in [0.2, 0.25) is 0 Å². The van der Waals surface area contributed by atoms with Gasteiger partial charge in [0.05, 0.1) is 10.5 Å². The normalized spacial score (nSPS) is 17.7. The molecule has 2 N–H and O–H groups in total. The van der Waals surface area contributed by atoms with Crippen LogP contribution in [-0.2, 0) is 0 Å². The van der Waals surface area contributed by atoms with Gasteiger partial charge in [0.15, 0.2) is 0 Å². The van der Waals surface area contributed by atoms with Gasteiger partial charge in [0.1, 0.15) is 6.61 Å². The molecule has 0 saturated heterocycles. The highest BCUT2D eigenvalue weighted by Gasteiger charge is 2.31. The van der Waals surface area contributed by atoms with Gasteiger partial charge >= 0.3 is 5.69 Å². The van der Waals surface area contributed by atoms with Crippen molar-refractivity contribution >= 4 is 5.69 Å². The second kappa shape index (κ2) is 4.89. The van der Waals surface area contributed by atoms with Gasteiger partial charge in [0.25, 0.3) is 5.88 Å². The van der Waals surface area contributed by atoms with Crippen molar-refractivity contribution in [3.8, 4) is 5.88 Å². The zero-order valence-electron chi connectivity index (χ0n) is 10.4. The summed E-state index contributed by atoms with van der Waals surface area (Å²) in [6.45, 7) is 2.04. The Labute approximate surface area is 105 Å². The highest BCUT2D eigenvalue weighted by atomic mass is 16.6. The third kappa shape index (κ3) is 2.76. The number of rotatable bonds is 4. The maximum Gasteiger partial charge on any atom is 0.331 e. The van der Waals surface area contributed by atoms with Crippen molar-refractivity contribution in [2.24, 2.45) is 5.73 Å². The van der Waals surface area contributed by atoms with Crippen molar-refractivity contribution in [1.29, 1.82) is 0 Å². The smallest absolute Gasteiger partial charge is 0.331 e. The van der Waals surface area contributed by atoms with Gasteiger partial charge in [-0.05, 0) is 25.3 Å². The molecule has 98 valence electrons. The van der Waals surface area contributed by atoms with Gasteiger partial charge < -0.3 is 10.5 Å². The fourth-order valence-electron chi connectivity index (χ4n) is 2.22. The monoisotopic (exact) mass is 251 g/mol. The molecule has 0 amide bonds. The molecule has 6 nitrogen and oxygen atoms in total. The highest BCUT2D eigenvalue weighted by molar-refractivity contribution is 5.42. The standard InChI is InChI=1S/C12H17N3O3/c1-9-6-10(15(16)17)11(14-7-9)18-8-12(13)4-2-3-5-12/h6-7H,2-5,8,13H2,1H3. The Balaban J connectivity index is 2.11. The van der Waals surface area contributed by atoms with E-state index in [2.05, 4.69) is 4.98 Å². The fourth-order valence-corrected chi connectivity index (χ4v) is 2.22. The summed E-state index contributed by atoms with van der Waals surface area (Å²) in [5.41, 5.74) is 6.41. The molecule has 0 aliphatic heterocycles. The largest absolute Gasteiger partial charge is 0.471 e. The van der Waals surface area contributed by atoms with Gasteiger partial charge in [-0.2, -0.15) is 0 Å². The lowest BCUT2D eigenvalue weighted by Crippen LogP contribution is -2.42. The number of nitrogens with zero attached hydrogens (tertiary/aromatic N) is 2. The van der Waals surface area contributed by atoms with Crippen molar-refractivity contribution < 1.29 is 9.66 Å². The lowest BCUT2D eigenvalue weighted by molar-refractivity contribution is -0.386. The summed E-state index contributed by atoms with van der Waals surface area (Å²) in [6.07, 6.45) is 5.52. The minimum atomic E-state index is -0.479. The first-order chi connectivity index (χ1) is 8.50. The molecule has 0 unspecified atom stereocenters. The average molecular weight is 251 g/mol. The van der Waals surface area contributed by atoms with Crippen LogP contribution in [0, 0.1) is 17.0 Å². The first-order valence-electron chi connectivity index (χ1n) is 6.03. The van der Waals surface area contributed by atoms with E-state index in [0.717, 1.165) is 31.2 Å². The number of nitro groups is 1. The Morgan fingerprint density at radius 1 is 1.56 bits per heavy atom. The summed E-state index contributed by atoms with van der Waals surface area (Å²) < 4.78 is 5.46. The van der Waals surface area contributed by atoms with Crippen LogP contribution in [0.15, 0.2) is 12.3 Å². The molecule has 1 aliphatic rings. The van der Waals surface area contributed by atoms with E-state index in [1.54, 1.807) is 13.1 Å². The Hall–Kier alpha value is -1.69. The molecule has 18 heavy (non-hydrogen) atoms.